The molecule has 6 aliphatic rings. The van der Waals surface area contributed by atoms with Crippen molar-refractivity contribution in [3.05, 3.63) is 148 Å². The second-order valence-electron chi connectivity index (χ2n) is 32.9. The highest BCUT2D eigenvalue weighted by Crippen LogP contribution is 2.47. The Kier molecular flexibility index (Phi) is 29.7. The Hall–Kier alpha value is -7.64. The Morgan fingerprint density at radius 2 is 0.823 bits per heavy atom. The number of aromatic amines is 1. The maximum absolute atomic E-state index is 13.0. The normalized spacial score (nSPS) is 16.6. The van der Waals surface area contributed by atoms with Crippen LogP contribution >= 0.6 is 0 Å². The zero-order valence-corrected chi connectivity index (χ0v) is 67.8. The first-order valence-corrected chi connectivity index (χ1v) is 38.7. The number of hydrogen-bond acceptors (Lipinski definition) is 7. The Bertz CT molecular complexity index is 4390. The minimum Gasteiger partial charge on any atom is -0.322 e. The van der Waals surface area contributed by atoms with Crippen LogP contribution in [0, 0.1) is 12.8 Å². The summed E-state index contributed by atoms with van der Waals surface area (Å²) in [5.41, 5.74) is 5.26. The molecule has 1 N–H and O–H groups in total. The minimum atomic E-state index is -4.84. The molecule has 7 aromatic rings. The summed E-state index contributed by atoms with van der Waals surface area (Å²) in [6.07, 6.45) is -7.01. The molecule has 7 heterocycles. The summed E-state index contributed by atoms with van der Waals surface area (Å²) in [7, 11) is 0. The Morgan fingerprint density at radius 3 is 1.22 bits per heavy atom. The molecule has 0 saturated heterocycles. The molecule has 0 spiro atoms. The van der Waals surface area contributed by atoms with Crippen LogP contribution in [-0.4, -0.2) is 63.7 Å². The van der Waals surface area contributed by atoms with E-state index in [0.29, 0.717) is 48.3 Å². The highest BCUT2D eigenvalue weighted by molar-refractivity contribution is 5.71. The van der Waals surface area contributed by atoms with Crippen molar-refractivity contribution in [1.29, 1.82) is 0 Å². The van der Waals surface area contributed by atoms with Gasteiger partial charge in [-0.2, -0.15) is 96.4 Å². The second-order valence-corrected chi connectivity index (χ2v) is 32.9. The summed E-state index contributed by atoms with van der Waals surface area (Å²) in [4.78, 5) is 14.4. The molecule has 0 aliphatic heterocycles. The number of halogens is 19. The van der Waals surface area contributed by atoms with E-state index in [9.17, 15) is 88.2 Å². The third-order valence-electron chi connectivity index (χ3n) is 20.6. The van der Waals surface area contributed by atoms with Gasteiger partial charge in [0.15, 0.2) is 28.5 Å². The van der Waals surface area contributed by atoms with E-state index in [4.69, 9.17) is 0 Å². The molecule has 7 aromatic heterocycles. The van der Waals surface area contributed by atoms with E-state index in [1.807, 2.05) is 102 Å². The topological polar surface area (TPSA) is 140 Å². The van der Waals surface area contributed by atoms with Gasteiger partial charge in [0.25, 0.3) is 18.4 Å². The number of fused-ring (bicyclic) bond motifs is 5. The first kappa shape index (κ1) is 92.5. The van der Waals surface area contributed by atoms with Crippen LogP contribution in [0.3, 0.4) is 0 Å². The van der Waals surface area contributed by atoms with Crippen molar-refractivity contribution < 1.29 is 83.4 Å². The second kappa shape index (κ2) is 36.3. The fraction of sp³-hybridized carbons (Fsp3) is 0.662. The van der Waals surface area contributed by atoms with Crippen molar-refractivity contribution >= 4 is 11.1 Å². The lowest BCUT2D eigenvalue weighted by Crippen LogP contribution is -2.28. The zero-order valence-electron chi connectivity index (χ0n) is 67.8. The van der Waals surface area contributed by atoms with Crippen LogP contribution in [0.1, 0.15) is 351 Å². The fourth-order valence-corrected chi connectivity index (χ4v) is 15.3. The lowest BCUT2D eigenvalue weighted by atomic mass is 9.76. The summed E-state index contributed by atoms with van der Waals surface area (Å²) in [6, 6.07) is 1.61. The number of hydrogen-bond donors (Lipinski definition) is 1. The van der Waals surface area contributed by atoms with Crippen LogP contribution < -0.4 is 5.56 Å². The average Bonchev–Trinajstić information content (AvgIpc) is 1.59. The first-order valence-electron chi connectivity index (χ1n) is 38.7. The highest BCUT2D eigenvalue weighted by atomic mass is 19.4. The minimum absolute atomic E-state index is 0.00137. The van der Waals surface area contributed by atoms with Gasteiger partial charge in [-0.05, 0) is 234 Å². The molecule has 0 bridgehead atoms. The van der Waals surface area contributed by atoms with Gasteiger partial charge >= 0.3 is 30.9 Å². The molecule has 0 radical (unpaired) electrons. The monoisotopic (exact) mass is 1630 g/mol. The van der Waals surface area contributed by atoms with Gasteiger partial charge in [-0.25, -0.2) is 17.6 Å². The lowest BCUT2D eigenvalue weighted by Gasteiger charge is -2.32. The van der Waals surface area contributed by atoms with Gasteiger partial charge in [0.1, 0.15) is 5.69 Å². The lowest BCUT2D eigenvalue weighted by molar-refractivity contribution is -0.143. The van der Waals surface area contributed by atoms with Gasteiger partial charge in [0, 0.05) is 121 Å². The molecular weight excluding hydrogens is 1520 g/mol. The van der Waals surface area contributed by atoms with Gasteiger partial charge in [-0.1, -0.05) is 53.7 Å². The molecule has 113 heavy (non-hydrogen) atoms. The molecule has 6 aliphatic carbocycles. The molecule has 632 valence electrons. The van der Waals surface area contributed by atoms with E-state index in [1.165, 1.54) is 31.4 Å². The quantitative estimate of drug-likeness (QED) is 0.135. The van der Waals surface area contributed by atoms with Crippen LogP contribution in [0.25, 0.3) is 11.1 Å². The van der Waals surface area contributed by atoms with Crippen molar-refractivity contribution in [3.8, 4) is 0 Å². The zero-order chi connectivity index (χ0) is 85.1. The molecule has 0 aromatic carbocycles. The molecule has 0 fully saturated rings. The number of aryl methyl sites for hydroxylation is 1. The molecule has 0 saturated carbocycles. The smallest absolute Gasteiger partial charge is 0.322 e. The third-order valence-corrected chi connectivity index (χ3v) is 20.6. The Balaban J connectivity index is 0.000000183. The third kappa shape index (κ3) is 22.1. The number of nitrogens with zero attached hydrogens (tertiary/aromatic N) is 12. The summed E-state index contributed by atoms with van der Waals surface area (Å²) >= 11 is 0. The predicted octanol–water partition coefficient (Wildman–Crippen LogP) is 24.6. The van der Waals surface area contributed by atoms with Crippen molar-refractivity contribution in [2.24, 2.45) is 5.92 Å². The Labute approximate surface area is 647 Å². The van der Waals surface area contributed by atoms with Crippen LogP contribution in [0.15, 0.2) is 35.4 Å². The summed E-state index contributed by atoms with van der Waals surface area (Å²) in [6.45, 7) is 36.4. The van der Waals surface area contributed by atoms with Crippen molar-refractivity contribution in [2.75, 3.05) is 0 Å². The molecule has 13 rings (SSSR count). The van der Waals surface area contributed by atoms with E-state index in [1.54, 1.807) is 23.2 Å². The number of pyridine rings is 1. The SMILES string of the molecule is CC(C)n1cc(C(F)F)c(C(F)(F)F)n1.CC(C)n1cc(C2=CCCC2)c(C(F)(F)F)n1.CC(C)n1nc(C(F)(F)F)c2c1C(C)(C)CCC2.CC(C)n1nc(C(F)(F)F)c2c1CCCC2.CC(C)n1nc(C(F)(F)F)c2c1CCCC2.CC(C)n1nc(C(F)F)c2c1C(C)(C)CCC2.Cc1cc2c([nH]c1=O)C(C(C)C)=CC2. The number of allylic oxidation sites excluding steroid dienone is 4. The van der Waals surface area contributed by atoms with Gasteiger partial charge in [0.05, 0.1) is 5.56 Å². The molecule has 33 heteroatoms. The number of rotatable bonds is 10. The van der Waals surface area contributed by atoms with Gasteiger partial charge in [-0.15, -0.1) is 0 Å². The summed E-state index contributed by atoms with van der Waals surface area (Å²) in [5, 5.41) is 22.3. The number of nitrogens with one attached hydrogen (secondary N) is 1. The van der Waals surface area contributed by atoms with Gasteiger partial charge < -0.3 is 4.98 Å². The van der Waals surface area contributed by atoms with E-state index in [-0.39, 0.29) is 57.9 Å². The molecule has 14 nitrogen and oxygen atoms in total. The van der Waals surface area contributed by atoms with E-state index in [0.717, 1.165) is 146 Å². The first-order chi connectivity index (χ1) is 52.0. The van der Waals surface area contributed by atoms with Gasteiger partial charge in [-0.3, -0.25) is 32.9 Å². The standard InChI is InChI=1S/C13H19F3N2.C13H20F2N2.C12H15F3N2.C12H15NO.2C11H15F3N2.C8H9F5N2/c1-8(2)18-11-9(6-5-7-12(11,3)4)10(17-18)13(14,15)16;1-8(2)17-11-9(10(16-17)12(14)15)6-5-7-13(11,3)4;1-8(2)17-7-10(9-5-3-4-6-9)11(16-17)12(13,14)15;1-7(2)10-5-4-9-6-8(3)12(14)13-11(9)10;2*1-7(2)16-9-6-4-3-5-8(9)10(15-16)11(12,13)14;1-4(2)15-3-5(7(9)10)6(14-15)8(11,12)13/h8H,5-7H2,1-4H3;8,12H,5-7H2,1-4H3;5,7-8H,3-4,6H2,1-2H3;5-7H,4H2,1-3H3,(H,13,14);2*7H,3-6H2,1-2H3;3-4,7H,1-2H3. The van der Waals surface area contributed by atoms with Crippen LogP contribution in [0.4, 0.5) is 83.4 Å². The van der Waals surface area contributed by atoms with Crippen molar-refractivity contribution in [2.45, 2.75) is 338 Å². The average molecular weight is 1630 g/mol. The molecular formula is C80H108F19N13O. The van der Waals surface area contributed by atoms with Crippen molar-refractivity contribution in [1.82, 2.24) is 63.7 Å². The van der Waals surface area contributed by atoms with Gasteiger partial charge in [0.2, 0.25) is 0 Å². The fourth-order valence-electron chi connectivity index (χ4n) is 15.3. The molecule has 0 amide bonds. The molecule has 0 unspecified atom stereocenters. The number of aromatic nitrogens is 13. The Morgan fingerprint density at radius 1 is 0.425 bits per heavy atom. The van der Waals surface area contributed by atoms with Crippen LogP contribution in [0.2, 0.25) is 0 Å². The largest absolute Gasteiger partial charge is 0.435 e. The van der Waals surface area contributed by atoms with Crippen LogP contribution in [0.5, 0.6) is 0 Å². The summed E-state index contributed by atoms with van der Waals surface area (Å²) in [5.74, 6) is 0.481. The number of H-pyrrole nitrogens is 1. The molecule has 0 atom stereocenters. The van der Waals surface area contributed by atoms with Crippen molar-refractivity contribution in [3.63, 3.8) is 0 Å². The highest BCUT2D eigenvalue weighted by Gasteiger charge is 2.46. The predicted molar refractivity (Wildman–Crippen MR) is 396 cm³/mol. The number of alkyl halides is 19. The summed E-state index contributed by atoms with van der Waals surface area (Å²) < 4.78 is 250. The maximum Gasteiger partial charge on any atom is 0.435 e. The van der Waals surface area contributed by atoms with E-state index >= 15 is 0 Å². The van der Waals surface area contributed by atoms with Crippen LogP contribution in [-0.2, 0) is 86.7 Å². The van der Waals surface area contributed by atoms with E-state index in [2.05, 4.69) is 69.3 Å². The maximum atomic E-state index is 13.0. The van der Waals surface area contributed by atoms with E-state index < -0.39 is 83.8 Å².